The molecule has 0 saturated heterocycles. The Morgan fingerprint density at radius 3 is 1.54 bits per heavy atom. The minimum absolute atomic E-state index is 0.652. The van der Waals surface area contributed by atoms with Gasteiger partial charge in [0.05, 0.1) is 16.6 Å². The van der Waals surface area contributed by atoms with Crippen molar-refractivity contribution in [1.29, 1.82) is 0 Å². The molecule has 0 atom stereocenters. The van der Waals surface area contributed by atoms with Gasteiger partial charge in [0.1, 0.15) is 0 Å². The van der Waals surface area contributed by atoms with Crippen LogP contribution in [0.15, 0.2) is 176 Å². The molecule has 0 spiro atoms. The molecule has 0 N–H and O–H groups in total. The van der Waals surface area contributed by atoms with Gasteiger partial charge in [0.25, 0.3) is 0 Å². The molecular formula is C51H37N5. The van der Waals surface area contributed by atoms with E-state index >= 15 is 0 Å². The molecule has 0 aliphatic heterocycles. The van der Waals surface area contributed by atoms with Crippen LogP contribution in [0.5, 0.6) is 0 Å². The van der Waals surface area contributed by atoms with Crippen LogP contribution in [0, 0.1) is 0 Å². The van der Waals surface area contributed by atoms with Gasteiger partial charge < -0.3 is 4.57 Å². The van der Waals surface area contributed by atoms with E-state index in [1.54, 1.807) is 0 Å². The van der Waals surface area contributed by atoms with E-state index in [0.717, 1.165) is 70.3 Å². The highest BCUT2D eigenvalue weighted by molar-refractivity contribution is 6.14. The van der Waals surface area contributed by atoms with Crippen LogP contribution in [0.25, 0.3) is 89.4 Å². The third-order valence-corrected chi connectivity index (χ3v) is 11.4. The largest absolute Gasteiger partial charge is 0.309 e. The first kappa shape index (κ1) is 32.3. The first-order chi connectivity index (χ1) is 27.8. The van der Waals surface area contributed by atoms with Crippen molar-refractivity contribution < 1.29 is 0 Å². The van der Waals surface area contributed by atoms with Gasteiger partial charge in [0, 0.05) is 38.7 Å². The van der Waals surface area contributed by atoms with E-state index in [1.165, 1.54) is 38.4 Å². The summed E-state index contributed by atoms with van der Waals surface area (Å²) in [6, 6.07) is 62.4. The van der Waals surface area contributed by atoms with Crippen LogP contribution >= 0.6 is 0 Å². The highest BCUT2D eigenvalue weighted by atomic mass is 15.2. The number of hydrogen-bond acceptors (Lipinski definition) is 3. The monoisotopic (exact) mass is 719 g/mol. The quantitative estimate of drug-likeness (QED) is 0.172. The molecular weight excluding hydrogens is 683 g/mol. The maximum Gasteiger partial charge on any atom is 0.238 e. The summed E-state index contributed by atoms with van der Waals surface area (Å²) in [7, 11) is 0. The molecule has 56 heavy (non-hydrogen) atoms. The van der Waals surface area contributed by atoms with E-state index in [0.29, 0.717) is 17.6 Å². The zero-order chi connectivity index (χ0) is 37.0. The molecule has 0 unspecified atom stereocenters. The Bertz CT molecular complexity index is 2970. The first-order valence-corrected chi connectivity index (χ1v) is 19.5. The van der Waals surface area contributed by atoms with Crippen molar-refractivity contribution >= 4 is 32.7 Å². The van der Waals surface area contributed by atoms with Crippen LogP contribution in [0.1, 0.15) is 24.1 Å². The Labute approximate surface area is 325 Å². The second-order valence-electron chi connectivity index (χ2n) is 14.7. The topological polar surface area (TPSA) is 48.5 Å². The summed E-state index contributed by atoms with van der Waals surface area (Å²) in [6.45, 7) is 0. The molecule has 3 heterocycles. The van der Waals surface area contributed by atoms with Crippen LogP contribution in [0.2, 0.25) is 0 Å². The molecule has 1 aliphatic carbocycles. The number of para-hydroxylation sites is 2. The third kappa shape index (κ3) is 5.43. The Morgan fingerprint density at radius 1 is 0.357 bits per heavy atom. The molecule has 0 radical (unpaired) electrons. The van der Waals surface area contributed by atoms with Gasteiger partial charge in [-0.2, -0.15) is 9.97 Å². The van der Waals surface area contributed by atoms with Crippen molar-refractivity contribution in [1.82, 2.24) is 24.1 Å². The molecule has 266 valence electrons. The second kappa shape index (κ2) is 13.3. The van der Waals surface area contributed by atoms with E-state index in [-0.39, 0.29) is 0 Å². The lowest BCUT2D eigenvalue weighted by Crippen LogP contribution is -2.11. The number of aromatic nitrogens is 5. The highest BCUT2D eigenvalue weighted by Gasteiger charge is 2.26. The average Bonchev–Trinajstić information content (AvgIpc) is 3.78. The van der Waals surface area contributed by atoms with Gasteiger partial charge in [-0.15, -0.1) is 0 Å². The van der Waals surface area contributed by atoms with Gasteiger partial charge in [-0.3, -0.25) is 4.57 Å². The molecule has 11 rings (SSSR count). The van der Waals surface area contributed by atoms with Crippen molar-refractivity contribution in [2.45, 2.75) is 25.7 Å². The highest BCUT2D eigenvalue weighted by Crippen LogP contribution is 2.41. The molecule has 5 heteroatoms. The maximum atomic E-state index is 5.38. The molecule has 1 aliphatic rings. The summed E-state index contributed by atoms with van der Waals surface area (Å²) >= 11 is 0. The van der Waals surface area contributed by atoms with Crippen molar-refractivity contribution in [3.8, 4) is 56.7 Å². The molecule has 7 aromatic carbocycles. The van der Waals surface area contributed by atoms with Crippen LogP contribution < -0.4 is 0 Å². The minimum atomic E-state index is 0.652. The Hall–Kier alpha value is -7.11. The minimum Gasteiger partial charge on any atom is -0.309 e. The Morgan fingerprint density at radius 2 is 0.875 bits per heavy atom. The summed E-state index contributed by atoms with van der Waals surface area (Å²) in [5.41, 5.74) is 13.9. The molecule has 10 aromatic rings. The van der Waals surface area contributed by atoms with E-state index in [4.69, 9.17) is 15.0 Å². The lowest BCUT2D eigenvalue weighted by Gasteiger charge is -2.16. The van der Waals surface area contributed by atoms with Crippen molar-refractivity contribution in [2.24, 2.45) is 0 Å². The normalized spacial score (nSPS) is 12.7. The molecule has 3 aromatic heterocycles. The number of rotatable bonds is 6. The van der Waals surface area contributed by atoms with Gasteiger partial charge in [-0.1, -0.05) is 133 Å². The van der Waals surface area contributed by atoms with Gasteiger partial charge in [0.2, 0.25) is 5.95 Å². The molecule has 0 fully saturated rings. The lowest BCUT2D eigenvalue weighted by atomic mass is 9.95. The van der Waals surface area contributed by atoms with Gasteiger partial charge in [-0.05, 0) is 96.0 Å². The number of fused-ring (bicyclic) bond motifs is 6. The van der Waals surface area contributed by atoms with E-state index in [2.05, 4.69) is 185 Å². The van der Waals surface area contributed by atoms with Gasteiger partial charge in [-0.25, -0.2) is 4.98 Å². The Kier molecular flexibility index (Phi) is 7.69. The molecule has 0 amide bonds. The first-order valence-electron chi connectivity index (χ1n) is 19.5. The number of nitrogens with zero attached hydrogens (tertiary/aromatic N) is 5. The number of aryl methyl sites for hydroxylation is 1. The zero-order valence-electron chi connectivity index (χ0n) is 30.8. The van der Waals surface area contributed by atoms with Gasteiger partial charge in [0.15, 0.2) is 11.6 Å². The molecule has 0 bridgehead atoms. The van der Waals surface area contributed by atoms with Crippen molar-refractivity contribution in [3.05, 3.63) is 187 Å². The lowest BCUT2D eigenvalue weighted by molar-refractivity contribution is 0.661. The van der Waals surface area contributed by atoms with Crippen LogP contribution in [0.3, 0.4) is 0 Å². The summed E-state index contributed by atoms with van der Waals surface area (Å²) in [6.07, 6.45) is 4.29. The summed E-state index contributed by atoms with van der Waals surface area (Å²) in [5.74, 6) is 1.96. The zero-order valence-corrected chi connectivity index (χ0v) is 30.8. The standard InChI is InChI=1S/C51H37N5/c1-4-16-34(17-5-1)36-20-14-22-38(30-36)49-52-50(39-23-15-21-37(31-39)35-18-6-2-7-19-35)54-51(53-49)56-46-29-13-11-27-42(46)44-32-47-43(33-48(44)56)41-26-10-12-28-45(41)55(47)40-24-8-3-9-25-40/h1-10,12,14-26,28,30-33H,11,13,27,29H2. The fourth-order valence-electron chi connectivity index (χ4n) is 8.75. The van der Waals surface area contributed by atoms with Crippen molar-refractivity contribution in [2.75, 3.05) is 0 Å². The van der Waals surface area contributed by atoms with Crippen molar-refractivity contribution in [3.63, 3.8) is 0 Å². The number of benzene rings is 7. The second-order valence-corrected chi connectivity index (χ2v) is 14.7. The summed E-state index contributed by atoms with van der Waals surface area (Å²) in [4.78, 5) is 16.0. The predicted octanol–water partition coefficient (Wildman–Crippen LogP) is 12.5. The van der Waals surface area contributed by atoms with Crippen LogP contribution in [-0.4, -0.2) is 24.1 Å². The summed E-state index contributed by atoms with van der Waals surface area (Å²) < 4.78 is 4.77. The smallest absolute Gasteiger partial charge is 0.238 e. The third-order valence-electron chi connectivity index (χ3n) is 11.4. The van der Waals surface area contributed by atoms with E-state index in [9.17, 15) is 0 Å². The van der Waals surface area contributed by atoms with Crippen LogP contribution in [0.4, 0.5) is 0 Å². The summed E-state index contributed by atoms with van der Waals surface area (Å²) in [5, 5.41) is 3.72. The molecule has 0 saturated carbocycles. The van der Waals surface area contributed by atoms with E-state index < -0.39 is 0 Å². The Balaban J connectivity index is 1.18. The average molecular weight is 720 g/mol. The van der Waals surface area contributed by atoms with Crippen LogP contribution in [-0.2, 0) is 12.8 Å². The molecule has 5 nitrogen and oxygen atoms in total. The predicted molar refractivity (Wildman–Crippen MR) is 229 cm³/mol. The fourth-order valence-corrected chi connectivity index (χ4v) is 8.75. The van der Waals surface area contributed by atoms with E-state index in [1.807, 2.05) is 0 Å². The fraction of sp³-hybridized carbons (Fsp3) is 0.0784. The SMILES string of the molecule is c1ccc(-c2cccc(-c3nc(-c4cccc(-c5ccccc5)c4)nc(-n4c5c(c6cc7c(cc64)c4ccccc4n7-c4ccccc4)CCCC5)n3)c2)cc1. The number of hydrogen-bond donors (Lipinski definition) is 0. The maximum absolute atomic E-state index is 5.38. The van der Waals surface area contributed by atoms with Gasteiger partial charge >= 0.3 is 0 Å².